The van der Waals surface area contributed by atoms with Crippen molar-refractivity contribution in [3.05, 3.63) is 23.8 Å². The molecular weight excluding hydrogens is 178 g/mol. The summed E-state index contributed by atoms with van der Waals surface area (Å²) in [5.41, 5.74) is 13.4. The zero-order valence-electron chi connectivity index (χ0n) is 8.45. The van der Waals surface area contributed by atoms with E-state index in [0.717, 1.165) is 11.3 Å². The van der Waals surface area contributed by atoms with Gasteiger partial charge < -0.3 is 16.4 Å². The summed E-state index contributed by atoms with van der Waals surface area (Å²) in [6, 6.07) is 5.65. The Morgan fingerprint density at radius 2 is 2.07 bits per heavy atom. The number of benzene rings is 1. The van der Waals surface area contributed by atoms with Gasteiger partial charge in [0.25, 0.3) is 0 Å². The second-order valence-electron chi connectivity index (χ2n) is 3.42. The number of nitrogen functional groups attached to an aromatic ring is 1. The third-order valence-corrected chi connectivity index (χ3v) is 1.92. The zero-order chi connectivity index (χ0) is 10.7. The van der Waals surface area contributed by atoms with Gasteiger partial charge in [-0.2, -0.15) is 0 Å². The van der Waals surface area contributed by atoms with Gasteiger partial charge in [0, 0.05) is 18.4 Å². The molecule has 0 heterocycles. The number of carbonyl (C=O) groups is 1. The number of primary amides is 1. The van der Waals surface area contributed by atoms with E-state index in [1.54, 1.807) is 11.9 Å². The minimum atomic E-state index is -0.354. The van der Waals surface area contributed by atoms with Crippen molar-refractivity contribution in [3.63, 3.8) is 0 Å². The van der Waals surface area contributed by atoms with Crippen LogP contribution in [0.3, 0.4) is 0 Å². The summed E-state index contributed by atoms with van der Waals surface area (Å²) in [6.45, 7) is 2.15. The molecule has 0 saturated carbocycles. The average Bonchev–Trinajstić information content (AvgIpc) is 2.00. The number of hydrogen-bond acceptors (Lipinski definition) is 3. The van der Waals surface area contributed by atoms with Crippen LogP contribution < -0.4 is 16.4 Å². The molecule has 0 fully saturated rings. The zero-order valence-corrected chi connectivity index (χ0v) is 8.45. The molecule has 1 rings (SSSR count). The van der Waals surface area contributed by atoms with Crippen molar-refractivity contribution in [2.24, 2.45) is 5.73 Å². The Hall–Kier alpha value is -1.71. The van der Waals surface area contributed by atoms with Crippen molar-refractivity contribution in [1.29, 1.82) is 0 Å². The highest BCUT2D eigenvalue weighted by atomic mass is 16.1. The van der Waals surface area contributed by atoms with E-state index in [-0.39, 0.29) is 12.5 Å². The highest BCUT2D eigenvalue weighted by Gasteiger charge is 2.04. The molecular formula is C10H15N3O. The van der Waals surface area contributed by atoms with Crippen LogP contribution in [-0.2, 0) is 4.79 Å². The number of carbonyl (C=O) groups excluding carboxylic acids is 1. The molecule has 76 valence electrons. The molecule has 14 heavy (non-hydrogen) atoms. The van der Waals surface area contributed by atoms with Crippen LogP contribution in [0.25, 0.3) is 0 Å². The lowest BCUT2D eigenvalue weighted by atomic mass is 10.2. The van der Waals surface area contributed by atoms with Crippen LogP contribution in [0.5, 0.6) is 0 Å². The molecule has 1 aromatic rings. The van der Waals surface area contributed by atoms with Gasteiger partial charge in [-0.05, 0) is 30.7 Å². The molecule has 0 unspecified atom stereocenters. The quantitative estimate of drug-likeness (QED) is 0.686. The minimum Gasteiger partial charge on any atom is -0.399 e. The van der Waals surface area contributed by atoms with Gasteiger partial charge in [-0.25, -0.2) is 0 Å². The Morgan fingerprint density at radius 3 is 2.57 bits per heavy atom. The summed E-state index contributed by atoms with van der Waals surface area (Å²) in [5.74, 6) is -0.354. The van der Waals surface area contributed by atoms with E-state index >= 15 is 0 Å². The molecule has 1 aromatic carbocycles. The Kier molecular flexibility index (Phi) is 2.96. The van der Waals surface area contributed by atoms with Crippen LogP contribution >= 0.6 is 0 Å². The SMILES string of the molecule is Cc1cc(N)cc(N(C)CC(N)=O)c1. The normalized spacial score (nSPS) is 9.86. The number of hydrogen-bond donors (Lipinski definition) is 2. The number of nitrogens with two attached hydrogens (primary N) is 2. The van der Waals surface area contributed by atoms with E-state index in [0.29, 0.717) is 5.69 Å². The lowest BCUT2D eigenvalue weighted by molar-refractivity contribution is -0.116. The Balaban J connectivity index is 2.89. The van der Waals surface area contributed by atoms with E-state index in [4.69, 9.17) is 11.5 Å². The van der Waals surface area contributed by atoms with E-state index in [1.165, 1.54) is 0 Å². The average molecular weight is 193 g/mol. The molecule has 0 radical (unpaired) electrons. The summed E-state index contributed by atoms with van der Waals surface area (Å²) >= 11 is 0. The molecule has 0 bridgehead atoms. The molecule has 1 amide bonds. The summed E-state index contributed by atoms with van der Waals surface area (Å²) in [5, 5.41) is 0. The van der Waals surface area contributed by atoms with Gasteiger partial charge in [-0.3, -0.25) is 4.79 Å². The standard InChI is InChI=1S/C10H15N3O/c1-7-3-8(11)5-9(4-7)13(2)6-10(12)14/h3-5H,6,11H2,1-2H3,(H2,12,14). The van der Waals surface area contributed by atoms with Crippen molar-refractivity contribution in [2.75, 3.05) is 24.2 Å². The van der Waals surface area contributed by atoms with Crippen LogP contribution in [0.1, 0.15) is 5.56 Å². The summed E-state index contributed by atoms with van der Waals surface area (Å²) < 4.78 is 0. The van der Waals surface area contributed by atoms with Crippen LogP contribution in [0, 0.1) is 6.92 Å². The number of rotatable bonds is 3. The first-order valence-corrected chi connectivity index (χ1v) is 4.35. The molecule has 0 aliphatic rings. The van der Waals surface area contributed by atoms with Gasteiger partial charge in [-0.15, -0.1) is 0 Å². The molecule has 4 nitrogen and oxygen atoms in total. The van der Waals surface area contributed by atoms with Gasteiger partial charge in [0.1, 0.15) is 0 Å². The molecule has 0 aliphatic carbocycles. The van der Waals surface area contributed by atoms with Crippen LogP contribution in [0.4, 0.5) is 11.4 Å². The maximum Gasteiger partial charge on any atom is 0.236 e. The molecule has 4 N–H and O–H groups in total. The van der Waals surface area contributed by atoms with E-state index in [9.17, 15) is 4.79 Å². The van der Waals surface area contributed by atoms with Crippen molar-refractivity contribution in [3.8, 4) is 0 Å². The van der Waals surface area contributed by atoms with E-state index in [2.05, 4.69) is 0 Å². The maximum atomic E-state index is 10.7. The van der Waals surface area contributed by atoms with Gasteiger partial charge in [0.15, 0.2) is 0 Å². The summed E-state index contributed by atoms with van der Waals surface area (Å²) in [4.78, 5) is 12.5. The first kappa shape index (κ1) is 10.4. The van der Waals surface area contributed by atoms with Gasteiger partial charge in [0.05, 0.1) is 6.54 Å². The highest BCUT2D eigenvalue weighted by molar-refractivity contribution is 5.79. The summed E-state index contributed by atoms with van der Waals surface area (Å²) in [6.07, 6.45) is 0. The fourth-order valence-electron chi connectivity index (χ4n) is 1.34. The first-order valence-electron chi connectivity index (χ1n) is 4.35. The van der Waals surface area contributed by atoms with Crippen molar-refractivity contribution >= 4 is 17.3 Å². The number of amides is 1. The van der Waals surface area contributed by atoms with Crippen molar-refractivity contribution < 1.29 is 4.79 Å². The molecule has 0 atom stereocenters. The number of likely N-dealkylation sites (N-methyl/N-ethyl adjacent to an activating group) is 1. The third-order valence-electron chi connectivity index (χ3n) is 1.92. The fourth-order valence-corrected chi connectivity index (χ4v) is 1.34. The fraction of sp³-hybridized carbons (Fsp3) is 0.300. The molecule has 0 saturated heterocycles. The Morgan fingerprint density at radius 1 is 1.43 bits per heavy atom. The molecule has 0 aromatic heterocycles. The number of anilines is 2. The monoisotopic (exact) mass is 193 g/mol. The van der Waals surface area contributed by atoms with Crippen molar-refractivity contribution in [1.82, 2.24) is 0 Å². The summed E-state index contributed by atoms with van der Waals surface area (Å²) in [7, 11) is 1.80. The topological polar surface area (TPSA) is 72.3 Å². The second-order valence-corrected chi connectivity index (χ2v) is 3.42. The lowest BCUT2D eigenvalue weighted by Gasteiger charge is -2.18. The molecule has 0 aliphatic heterocycles. The van der Waals surface area contributed by atoms with Crippen LogP contribution in [0.2, 0.25) is 0 Å². The smallest absolute Gasteiger partial charge is 0.236 e. The van der Waals surface area contributed by atoms with Crippen LogP contribution in [0.15, 0.2) is 18.2 Å². The minimum absolute atomic E-state index is 0.197. The lowest BCUT2D eigenvalue weighted by Crippen LogP contribution is -2.30. The largest absolute Gasteiger partial charge is 0.399 e. The van der Waals surface area contributed by atoms with Crippen LogP contribution in [-0.4, -0.2) is 19.5 Å². The number of nitrogens with zero attached hydrogens (tertiary/aromatic N) is 1. The number of aryl methyl sites for hydroxylation is 1. The van der Waals surface area contributed by atoms with Gasteiger partial charge in [0.2, 0.25) is 5.91 Å². The molecule has 0 spiro atoms. The van der Waals surface area contributed by atoms with Gasteiger partial charge >= 0.3 is 0 Å². The predicted octanol–water partition coefficient (Wildman–Crippen LogP) is 0.499. The van der Waals surface area contributed by atoms with Crippen molar-refractivity contribution in [2.45, 2.75) is 6.92 Å². The van der Waals surface area contributed by atoms with Gasteiger partial charge in [-0.1, -0.05) is 0 Å². The molecule has 4 heteroatoms. The van der Waals surface area contributed by atoms with E-state index < -0.39 is 0 Å². The highest BCUT2D eigenvalue weighted by Crippen LogP contribution is 2.18. The second kappa shape index (κ2) is 4.00. The third kappa shape index (κ3) is 2.65. The Labute approximate surface area is 83.5 Å². The first-order chi connectivity index (χ1) is 6.49. The Bertz CT molecular complexity index is 329. The van der Waals surface area contributed by atoms with E-state index in [1.807, 2.05) is 25.1 Å². The predicted molar refractivity (Wildman–Crippen MR) is 58.1 cm³/mol. The maximum absolute atomic E-state index is 10.7.